The summed E-state index contributed by atoms with van der Waals surface area (Å²) in [6.07, 6.45) is 0. The molecule has 16 heavy (non-hydrogen) atoms. The average molecular weight is 220 g/mol. The van der Waals surface area contributed by atoms with E-state index >= 15 is 0 Å². The van der Waals surface area contributed by atoms with Gasteiger partial charge >= 0.3 is 0 Å². The first-order valence-electron chi connectivity index (χ1n) is 5.41. The first-order chi connectivity index (χ1) is 7.32. The molecule has 0 spiro atoms. The highest BCUT2D eigenvalue weighted by Crippen LogP contribution is 2.11. The predicted octanol–water partition coefficient (Wildman–Crippen LogP) is 1.69. The summed E-state index contributed by atoms with van der Waals surface area (Å²) in [6.45, 7) is 6.10. The lowest BCUT2D eigenvalue weighted by atomic mass is 10.0. The number of hydrogen-bond acceptors (Lipinski definition) is 2. The molecule has 1 amide bonds. The maximum absolute atomic E-state index is 11.9. The molecule has 0 bridgehead atoms. The topological polar surface area (TPSA) is 46.3 Å². The van der Waals surface area contributed by atoms with E-state index in [-0.39, 0.29) is 5.91 Å². The average Bonchev–Trinajstić information content (AvgIpc) is 2.19. The number of carbonyl (C=O) groups is 1. The summed E-state index contributed by atoms with van der Waals surface area (Å²) in [5.74, 6) is -0.0456. The molecule has 0 aliphatic heterocycles. The van der Waals surface area contributed by atoms with Crippen LogP contribution in [0.2, 0.25) is 0 Å². The Morgan fingerprint density at radius 2 is 1.94 bits per heavy atom. The van der Waals surface area contributed by atoms with Crippen molar-refractivity contribution in [2.45, 2.75) is 32.9 Å². The third-order valence-electron chi connectivity index (χ3n) is 2.57. The van der Waals surface area contributed by atoms with Crippen molar-refractivity contribution < 1.29 is 4.79 Å². The zero-order valence-corrected chi connectivity index (χ0v) is 10.4. The van der Waals surface area contributed by atoms with E-state index in [0.717, 1.165) is 5.56 Å². The minimum atomic E-state index is -0.808. The van der Waals surface area contributed by atoms with Crippen molar-refractivity contribution in [2.75, 3.05) is 7.05 Å². The molecule has 88 valence electrons. The van der Waals surface area contributed by atoms with Crippen LogP contribution in [0.25, 0.3) is 0 Å². The summed E-state index contributed by atoms with van der Waals surface area (Å²) < 4.78 is 0. The lowest BCUT2D eigenvalue weighted by molar-refractivity contribution is -0.135. The Balaban J connectivity index is 2.76. The molecule has 0 heterocycles. The van der Waals surface area contributed by atoms with Gasteiger partial charge in [0.15, 0.2) is 0 Å². The van der Waals surface area contributed by atoms with Crippen molar-refractivity contribution in [3.8, 4) is 0 Å². The van der Waals surface area contributed by atoms with Crippen LogP contribution >= 0.6 is 0 Å². The van der Waals surface area contributed by atoms with Gasteiger partial charge in [0.2, 0.25) is 5.91 Å². The van der Waals surface area contributed by atoms with Crippen LogP contribution in [-0.2, 0) is 11.3 Å². The third-order valence-corrected chi connectivity index (χ3v) is 2.57. The Morgan fingerprint density at radius 1 is 1.38 bits per heavy atom. The molecule has 1 aromatic rings. The van der Waals surface area contributed by atoms with Crippen molar-refractivity contribution in [3.05, 3.63) is 35.4 Å². The molecule has 0 aliphatic rings. The monoisotopic (exact) mass is 220 g/mol. The van der Waals surface area contributed by atoms with Gasteiger partial charge in [0, 0.05) is 13.6 Å². The van der Waals surface area contributed by atoms with Crippen molar-refractivity contribution in [1.29, 1.82) is 0 Å². The number of hydrogen-bond donors (Lipinski definition) is 1. The van der Waals surface area contributed by atoms with Gasteiger partial charge in [0.05, 0.1) is 5.54 Å². The molecule has 0 aromatic heterocycles. The predicted molar refractivity (Wildman–Crippen MR) is 65.9 cm³/mol. The molecule has 0 fully saturated rings. The number of benzene rings is 1. The summed E-state index contributed by atoms with van der Waals surface area (Å²) in [5, 5.41) is 0. The van der Waals surface area contributed by atoms with Crippen LogP contribution in [0.4, 0.5) is 0 Å². The Hall–Kier alpha value is -1.35. The molecule has 0 atom stereocenters. The number of nitrogens with zero attached hydrogens (tertiary/aromatic N) is 1. The summed E-state index contributed by atoms with van der Waals surface area (Å²) in [7, 11) is 1.78. The molecule has 2 N–H and O–H groups in total. The summed E-state index contributed by atoms with van der Waals surface area (Å²) in [4.78, 5) is 13.6. The molecule has 1 rings (SSSR count). The van der Waals surface area contributed by atoms with Crippen molar-refractivity contribution >= 4 is 5.91 Å². The molecule has 3 heteroatoms. The van der Waals surface area contributed by atoms with Gasteiger partial charge in [0.25, 0.3) is 0 Å². The van der Waals surface area contributed by atoms with Crippen LogP contribution in [0, 0.1) is 6.92 Å². The van der Waals surface area contributed by atoms with Gasteiger partial charge < -0.3 is 10.6 Å². The molecule has 0 saturated heterocycles. The summed E-state index contributed by atoms with van der Waals surface area (Å²) in [5.41, 5.74) is 7.32. The lowest BCUT2D eigenvalue weighted by Crippen LogP contribution is -2.49. The Bertz CT molecular complexity index is 380. The van der Waals surface area contributed by atoms with Gasteiger partial charge in [-0.1, -0.05) is 24.3 Å². The van der Waals surface area contributed by atoms with E-state index in [1.165, 1.54) is 5.56 Å². The maximum Gasteiger partial charge on any atom is 0.242 e. The number of nitrogens with two attached hydrogens (primary N) is 1. The largest absolute Gasteiger partial charge is 0.340 e. The highest BCUT2D eigenvalue weighted by atomic mass is 16.2. The zero-order valence-electron chi connectivity index (χ0n) is 10.4. The third kappa shape index (κ3) is 3.07. The molecule has 0 saturated carbocycles. The van der Waals surface area contributed by atoms with Crippen molar-refractivity contribution in [1.82, 2.24) is 4.90 Å². The standard InChI is InChI=1S/C13H20N2O/c1-10-7-5-6-8-11(10)9-15(4)12(16)13(2,3)14/h5-8H,9,14H2,1-4H3. The van der Waals surface area contributed by atoms with E-state index in [9.17, 15) is 4.79 Å². The summed E-state index contributed by atoms with van der Waals surface area (Å²) >= 11 is 0. The van der Waals surface area contributed by atoms with Crippen molar-refractivity contribution in [2.24, 2.45) is 5.73 Å². The molecular weight excluding hydrogens is 200 g/mol. The highest BCUT2D eigenvalue weighted by molar-refractivity contribution is 5.84. The molecule has 3 nitrogen and oxygen atoms in total. The fourth-order valence-electron chi connectivity index (χ4n) is 1.61. The minimum Gasteiger partial charge on any atom is -0.340 e. The fraction of sp³-hybridized carbons (Fsp3) is 0.462. The van der Waals surface area contributed by atoms with Gasteiger partial charge in [-0.05, 0) is 31.9 Å². The van der Waals surface area contributed by atoms with Crippen LogP contribution in [0.1, 0.15) is 25.0 Å². The summed E-state index contributed by atoms with van der Waals surface area (Å²) in [6, 6.07) is 8.05. The molecule has 0 unspecified atom stereocenters. The Kier molecular flexibility index (Phi) is 3.70. The van der Waals surface area contributed by atoms with E-state index in [1.54, 1.807) is 25.8 Å². The number of rotatable bonds is 3. The SMILES string of the molecule is Cc1ccccc1CN(C)C(=O)C(C)(C)N. The van der Waals surface area contributed by atoms with Crippen LogP contribution in [0.15, 0.2) is 24.3 Å². The van der Waals surface area contributed by atoms with Gasteiger partial charge in [-0.2, -0.15) is 0 Å². The van der Waals surface area contributed by atoms with E-state index in [2.05, 4.69) is 0 Å². The van der Waals surface area contributed by atoms with E-state index in [0.29, 0.717) is 6.54 Å². The maximum atomic E-state index is 11.9. The minimum absolute atomic E-state index is 0.0456. The second-order valence-electron chi connectivity index (χ2n) is 4.81. The molecular formula is C13H20N2O. The quantitative estimate of drug-likeness (QED) is 0.842. The van der Waals surface area contributed by atoms with Crippen LogP contribution in [0.3, 0.4) is 0 Å². The lowest BCUT2D eigenvalue weighted by Gasteiger charge is -2.26. The Morgan fingerprint density at radius 3 is 2.44 bits per heavy atom. The van der Waals surface area contributed by atoms with E-state index in [4.69, 9.17) is 5.73 Å². The van der Waals surface area contributed by atoms with Gasteiger partial charge in [-0.25, -0.2) is 0 Å². The zero-order chi connectivity index (χ0) is 12.3. The smallest absolute Gasteiger partial charge is 0.242 e. The molecule has 0 radical (unpaired) electrons. The van der Waals surface area contributed by atoms with E-state index < -0.39 is 5.54 Å². The fourth-order valence-corrected chi connectivity index (χ4v) is 1.61. The number of aryl methyl sites for hydroxylation is 1. The van der Waals surface area contributed by atoms with Crippen LogP contribution in [-0.4, -0.2) is 23.4 Å². The second kappa shape index (κ2) is 4.66. The number of likely N-dealkylation sites (N-methyl/N-ethyl adjacent to an activating group) is 1. The first kappa shape index (κ1) is 12.7. The number of amides is 1. The highest BCUT2D eigenvalue weighted by Gasteiger charge is 2.25. The van der Waals surface area contributed by atoms with Crippen molar-refractivity contribution in [3.63, 3.8) is 0 Å². The first-order valence-corrected chi connectivity index (χ1v) is 5.41. The van der Waals surface area contributed by atoms with E-state index in [1.807, 2.05) is 31.2 Å². The van der Waals surface area contributed by atoms with Crippen LogP contribution in [0.5, 0.6) is 0 Å². The Labute approximate surface area is 97.2 Å². The molecule has 0 aliphatic carbocycles. The molecule has 1 aromatic carbocycles. The van der Waals surface area contributed by atoms with Gasteiger partial charge in [0.1, 0.15) is 0 Å². The normalized spacial score (nSPS) is 11.3. The van der Waals surface area contributed by atoms with Gasteiger partial charge in [-0.3, -0.25) is 4.79 Å². The van der Waals surface area contributed by atoms with Crippen LogP contribution < -0.4 is 5.73 Å². The van der Waals surface area contributed by atoms with Gasteiger partial charge in [-0.15, -0.1) is 0 Å². The second-order valence-corrected chi connectivity index (χ2v) is 4.81. The number of carbonyl (C=O) groups excluding carboxylic acids is 1.